The highest BCUT2D eigenvalue weighted by Crippen LogP contribution is 2.57. The van der Waals surface area contributed by atoms with Crippen molar-refractivity contribution < 1.29 is 18.0 Å². The van der Waals surface area contributed by atoms with E-state index in [1.807, 2.05) is 0 Å². The van der Waals surface area contributed by atoms with Crippen LogP contribution < -0.4 is 11.1 Å². The van der Waals surface area contributed by atoms with Crippen LogP contribution in [0, 0.1) is 5.41 Å². The van der Waals surface area contributed by atoms with Gasteiger partial charge in [0.2, 0.25) is 5.91 Å². The molecule has 0 atom stereocenters. The minimum atomic E-state index is -4.46. The Morgan fingerprint density at radius 1 is 1.28 bits per heavy atom. The lowest BCUT2D eigenvalue weighted by Crippen LogP contribution is -2.40. The topological polar surface area (TPSA) is 55.1 Å². The first-order chi connectivity index (χ1) is 8.35. The number of carbonyl (C=O) groups excluding carboxylic acids is 1. The number of hydrogen-bond donors (Lipinski definition) is 2. The zero-order valence-electron chi connectivity index (χ0n) is 9.55. The quantitative estimate of drug-likeness (QED) is 0.817. The number of rotatable bonds is 3. The average Bonchev–Trinajstić information content (AvgIpc) is 3.08. The van der Waals surface area contributed by atoms with Crippen LogP contribution in [0.25, 0.3) is 0 Å². The van der Waals surface area contributed by atoms with Crippen LogP contribution in [0.1, 0.15) is 18.4 Å². The molecule has 1 aliphatic rings. The molecule has 0 spiro atoms. The number of anilines is 1. The van der Waals surface area contributed by atoms with Crippen LogP contribution in [-0.4, -0.2) is 12.1 Å². The molecule has 1 aromatic carbocycles. The van der Waals surface area contributed by atoms with Crippen molar-refractivity contribution in [3.8, 4) is 0 Å². The lowest BCUT2D eigenvalue weighted by molar-refractivity contribution is -0.192. The summed E-state index contributed by atoms with van der Waals surface area (Å²) in [6, 6.07) is 6.61. The monoisotopic (exact) mass is 258 g/mol. The Hall–Kier alpha value is -1.72. The van der Waals surface area contributed by atoms with Gasteiger partial charge in [0, 0.05) is 12.2 Å². The highest BCUT2D eigenvalue weighted by Gasteiger charge is 2.68. The third kappa shape index (κ3) is 2.27. The van der Waals surface area contributed by atoms with Crippen LogP contribution in [0.3, 0.4) is 0 Å². The molecular formula is C12H13F3N2O. The molecule has 1 aliphatic carbocycles. The van der Waals surface area contributed by atoms with Crippen molar-refractivity contribution in [2.45, 2.75) is 25.6 Å². The number of nitrogen functional groups attached to an aromatic ring is 1. The highest BCUT2D eigenvalue weighted by atomic mass is 19.4. The molecule has 0 saturated heterocycles. The number of carbonyl (C=O) groups is 1. The van der Waals surface area contributed by atoms with E-state index in [1.165, 1.54) is 0 Å². The molecule has 1 amide bonds. The van der Waals surface area contributed by atoms with Gasteiger partial charge in [0.05, 0.1) is 0 Å². The summed E-state index contributed by atoms with van der Waals surface area (Å²) in [5, 5.41) is 2.33. The fourth-order valence-electron chi connectivity index (χ4n) is 1.75. The van der Waals surface area contributed by atoms with Gasteiger partial charge in [-0.1, -0.05) is 12.1 Å². The number of hydrogen-bond acceptors (Lipinski definition) is 2. The zero-order valence-corrected chi connectivity index (χ0v) is 9.55. The molecule has 3 nitrogen and oxygen atoms in total. The zero-order chi connectivity index (χ0) is 13.4. The second kappa shape index (κ2) is 4.19. The van der Waals surface area contributed by atoms with Gasteiger partial charge in [-0.15, -0.1) is 0 Å². The van der Waals surface area contributed by atoms with E-state index in [0.717, 1.165) is 5.56 Å². The van der Waals surface area contributed by atoms with Crippen molar-refractivity contribution in [2.24, 2.45) is 5.41 Å². The summed E-state index contributed by atoms with van der Waals surface area (Å²) >= 11 is 0. The molecule has 0 radical (unpaired) electrons. The molecule has 1 fully saturated rings. The second-order valence-corrected chi connectivity index (χ2v) is 4.50. The van der Waals surface area contributed by atoms with Crippen molar-refractivity contribution in [1.29, 1.82) is 0 Å². The molecule has 0 heterocycles. The van der Waals surface area contributed by atoms with E-state index >= 15 is 0 Å². The van der Waals surface area contributed by atoms with Gasteiger partial charge in [0.1, 0.15) is 5.41 Å². The van der Waals surface area contributed by atoms with Crippen molar-refractivity contribution >= 4 is 11.6 Å². The molecule has 2 rings (SSSR count). The third-order valence-electron chi connectivity index (χ3n) is 3.16. The SMILES string of the molecule is Nc1ccc(CNC(=O)C2(C(F)(F)F)CC2)cc1. The number of halogens is 3. The minimum Gasteiger partial charge on any atom is -0.399 e. The van der Waals surface area contributed by atoms with E-state index in [9.17, 15) is 18.0 Å². The predicted octanol–water partition coefficient (Wildman–Crippen LogP) is 2.23. The largest absolute Gasteiger partial charge is 0.403 e. The number of nitrogens with two attached hydrogens (primary N) is 1. The van der Waals surface area contributed by atoms with Crippen molar-refractivity contribution in [3.05, 3.63) is 29.8 Å². The maximum Gasteiger partial charge on any atom is 0.403 e. The smallest absolute Gasteiger partial charge is 0.399 e. The lowest BCUT2D eigenvalue weighted by atomic mass is 10.1. The third-order valence-corrected chi connectivity index (χ3v) is 3.16. The average molecular weight is 258 g/mol. The van der Waals surface area contributed by atoms with Crippen LogP contribution in [-0.2, 0) is 11.3 Å². The molecule has 18 heavy (non-hydrogen) atoms. The van der Waals surface area contributed by atoms with Gasteiger partial charge in [-0.3, -0.25) is 4.79 Å². The molecule has 98 valence electrons. The van der Waals surface area contributed by atoms with E-state index in [2.05, 4.69) is 5.32 Å². The van der Waals surface area contributed by atoms with E-state index in [0.29, 0.717) is 5.69 Å². The fourth-order valence-corrected chi connectivity index (χ4v) is 1.75. The van der Waals surface area contributed by atoms with E-state index in [4.69, 9.17) is 5.73 Å². The van der Waals surface area contributed by atoms with E-state index in [1.54, 1.807) is 24.3 Å². The first-order valence-corrected chi connectivity index (χ1v) is 5.55. The van der Waals surface area contributed by atoms with Gasteiger partial charge < -0.3 is 11.1 Å². The minimum absolute atomic E-state index is 0.0803. The maximum atomic E-state index is 12.6. The normalized spacial score (nSPS) is 17.3. The summed E-state index contributed by atoms with van der Waals surface area (Å²) in [6.07, 6.45) is -4.70. The Kier molecular flexibility index (Phi) is 2.96. The fraction of sp³-hybridized carbons (Fsp3) is 0.417. The number of amides is 1. The molecule has 0 aromatic heterocycles. The van der Waals surface area contributed by atoms with Gasteiger partial charge in [-0.2, -0.15) is 13.2 Å². The van der Waals surface area contributed by atoms with E-state index in [-0.39, 0.29) is 19.4 Å². The van der Waals surface area contributed by atoms with Gasteiger partial charge in [-0.25, -0.2) is 0 Å². The molecule has 0 aliphatic heterocycles. The first kappa shape index (κ1) is 12.7. The van der Waals surface area contributed by atoms with Crippen LogP contribution in [0.5, 0.6) is 0 Å². The van der Waals surface area contributed by atoms with Crippen LogP contribution in [0.4, 0.5) is 18.9 Å². The van der Waals surface area contributed by atoms with Crippen molar-refractivity contribution in [1.82, 2.24) is 5.32 Å². The Bertz CT molecular complexity index is 449. The maximum absolute atomic E-state index is 12.6. The summed E-state index contributed by atoms with van der Waals surface area (Å²) in [7, 11) is 0. The number of alkyl halides is 3. The van der Waals surface area contributed by atoms with Gasteiger partial charge in [-0.05, 0) is 30.5 Å². The predicted molar refractivity (Wildman–Crippen MR) is 60.4 cm³/mol. The molecule has 3 N–H and O–H groups in total. The van der Waals surface area contributed by atoms with Gasteiger partial charge in [0.15, 0.2) is 0 Å². The standard InChI is InChI=1S/C12H13F3N2O/c13-12(14,15)11(5-6-11)10(18)17-7-8-1-3-9(16)4-2-8/h1-4H,5-7,16H2,(H,17,18). The van der Waals surface area contributed by atoms with Crippen molar-refractivity contribution in [3.63, 3.8) is 0 Å². The van der Waals surface area contributed by atoms with Crippen LogP contribution >= 0.6 is 0 Å². The van der Waals surface area contributed by atoms with Gasteiger partial charge in [0.25, 0.3) is 0 Å². The Morgan fingerprint density at radius 2 is 1.83 bits per heavy atom. The van der Waals surface area contributed by atoms with Gasteiger partial charge >= 0.3 is 6.18 Å². The summed E-state index contributed by atoms with van der Waals surface area (Å²) in [5.41, 5.74) is 4.62. The molecule has 1 aromatic rings. The molecular weight excluding hydrogens is 245 g/mol. The van der Waals surface area contributed by atoms with Crippen LogP contribution in [0.15, 0.2) is 24.3 Å². The number of benzene rings is 1. The summed E-state index contributed by atoms with van der Waals surface area (Å²) in [4.78, 5) is 11.6. The van der Waals surface area contributed by atoms with E-state index < -0.39 is 17.5 Å². The molecule has 6 heteroatoms. The molecule has 1 saturated carbocycles. The van der Waals surface area contributed by atoms with Crippen LogP contribution in [0.2, 0.25) is 0 Å². The highest BCUT2D eigenvalue weighted by molar-refractivity contribution is 5.86. The Morgan fingerprint density at radius 3 is 2.28 bits per heavy atom. The number of nitrogens with one attached hydrogen (secondary N) is 1. The summed E-state index contributed by atoms with van der Waals surface area (Å²) in [5.74, 6) is -0.938. The lowest BCUT2D eigenvalue weighted by Gasteiger charge is -2.18. The Labute approximate surface area is 102 Å². The molecule has 0 bridgehead atoms. The summed E-state index contributed by atoms with van der Waals surface area (Å²) < 4.78 is 37.9. The second-order valence-electron chi connectivity index (χ2n) is 4.50. The first-order valence-electron chi connectivity index (χ1n) is 5.55. The Balaban J connectivity index is 1.95. The van der Waals surface area contributed by atoms with Crippen molar-refractivity contribution in [2.75, 3.05) is 5.73 Å². The molecule has 0 unspecified atom stereocenters. The summed E-state index contributed by atoms with van der Waals surface area (Å²) in [6.45, 7) is 0.0803.